The van der Waals surface area contributed by atoms with Gasteiger partial charge in [0, 0.05) is 7.05 Å². The molecule has 0 radical (unpaired) electrons. The van der Waals surface area contributed by atoms with Crippen molar-refractivity contribution in [1.82, 2.24) is 0 Å². The molecule has 112 valence electrons. The SMILES string of the molecule is COC(=O)C(C)CS(=O)(=O)N(C)c1cc(C)cc(C)c1. The summed E-state index contributed by atoms with van der Waals surface area (Å²) in [5, 5.41) is 0. The van der Waals surface area contributed by atoms with Gasteiger partial charge < -0.3 is 4.74 Å². The Balaban J connectivity index is 3.00. The molecule has 1 rings (SSSR count). The molecular weight excluding hydrogens is 278 g/mol. The molecule has 0 fully saturated rings. The number of esters is 1. The fourth-order valence-electron chi connectivity index (χ4n) is 1.99. The van der Waals surface area contributed by atoms with Crippen molar-refractivity contribution in [3.05, 3.63) is 29.3 Å². The maximum Gasteiger partial charge on any atom is 0.309 e. The lowest BCUT2D eigenvalue weighted by atomic mass is 10.1. The highest BCUT2D eigenvalue weighted by atomic mass is 32.2. The van der Waals surface area contributed by atoms with Crippen LogP contribution in [0, 0.1) is 19.8 Å². The summed E-state index contributed by atoms with van der Waals surface area (Å²) in [5.74, 6) is -1.50. The minimum absolute atomic E-state index is 0.275. The average Bonchev–Trinajstić information content (AvgIpc) is 2.35. The predicted octanol–water partition coefficient (Wildman–Crippen LogP) is 1.88. The summed E-state index contributed by atoms with van der Waals surface area (Å²) in [7, 11) is -0.826. The van der Waals surface area contributed by atoms with E-state index in [-0.39, 0.29) is 5.75 Å². The zero-order chi connectivity index (χ0) is 15.5. The molecule has 6 heteroatoms. The summed E-state index contributed by atoms with van der Waals surface area (Å²) in [5.41, 5.74) is 2.57. The third kappa shape index (κ3) is 3.96. The van der Waals surface area contributed by atoms with E-state index in [1.165, 1.54) is 18.5 Å². The quantitative estimate of drug-likeness (QED) is 0.779. The molecule has 0 spiro atoms. The summed E-state index contributed by atoms with van der Waals surface area (Å²) in [6.45, 7) is 5.36. The second kappa shape index (κ2) is 6.26. The lowest BCUT2D eigenvalue weighted by Gasteiger charge is -2.22. The normalized spacial score (nSPS) is 12.8. The number of sulfonamides is 1. The van der Waals surface area contributed by atoms with Crippen LogP contribution in [0.1, 0.15) is 18.1 Å². The number of carbonyl (C=O) groups excluding carboxylic acids is 1. The van der Waals surface area contributed by atoms with Crippen LogP contribution in [0.5, 0.6) is 0 Å². The van der Waals surface area contributed by atoms with Gasteiger partial charge in [-0.2, -0.15) is 0 Å². The predicted molar refractivity (Wildman–Crippen MR) is 79.3 cm³/mol. The highest BCUT2D eigenvalue weighted by molar-refractivity contribution is 7.92. The first-order valence-corrected chi connectivity index (χ1v) is 7.91. The summed E-state index contributed by atoms with van der Waals surface area (Å²) < 4.78 is 30.4. The van der Waals surface area contributed by atoms with Crippen LogP contribution in [-0.2, 0) is 19.6 Å². The Labute approximate surface area is 120 Å². The van der Waals surface area contributed by atoms with E-state index in [4.69, 9.17) is 0 Å². The van der Waals surface area contributed by atoms with E-state index in [9.17, 15) is 13.2 Å². The van der Waals surface area contributed by atoms with Crippen LogP contribution in [0.15, 0.2) is 18.2 Å². The highest BCUT2D eigenvalue weighted by Crippen LogP contribution is 2.21. The van der Waals surface area contributed by atoms with E-state index in [1.807, 2.05) is 19.9 Å². The Bertz CT molecular complexity index is 575. The number of anilines is 1. The highest BCUT2D eigenvalue weighted by Gasteiger charge is 2.26. The van der Waals surface area contributed by atoms with Crippen molar-refractivity contribution >= 4 is 21.7 Å². The summed E-state index contributed by atoms with van der Waals surface area (Å²) in [4.78, 5) is 11.4. The molecule has 0 aliphatic heterocycles. The number of benzene rings is 1. The van der Waals surface area contributed by atoms with E-state index in [2.05, 4.69) is 4.74 Å². The van der Waals surface area contributed by atoms with Crippen LogP contribution in [0.4, 0.5) is 5.69 Å². The minimum Gasteiger partial charge on any atom is -0.469 e. The zero-order valence-corrected chi connectivity index (χ0v) is 13.3. The molecule has 0 aromatic heterocycles. The smallest absolute Gasteiger partial charge is 0.309 e. The van der Waals surface area contributed by atoms with Crippen LogP contribution < -0.4 is 4.31 Å². The molecular formula is C14H21NO4S. The van der Waals surface area contributed by atoms with Gasteiger partial charge in [-0.05, 0) is 37.1 Å². The first kappa shape index (κ1) is 16.5. The van der Waals surface area contributed by atoms with Crippen LogP contribution in [0.3, 0.4) is 0 Å². The largest absolute Gasteiger partial charge is 0.469 e. The molecule has 0 aliphatic carbocycles. The minimum atomic E-state index is -3.57. The third-order valence-corrected chi connectivity index (χ3v) is 5.02. The fourth-order valence-corrected chi connectivity index (χ4v) is 3.41. The lowest BCUT2D eigenvalue weighted by molar-refractivity contribution is -0.144. The van der Waals surface area contributed by atoms with E-state index >= 15 is 0 Å². The maximum absolute atomic E-state index is 12.3. The molecule has 0 saturated carbocycles. The Morgan fingerprint density at radius 2 is 1.75 bits per heavy atom. The van der Waals surface area contributed by atoms with Gasteiger partial charge in [-0.25, -0.2) is 8.42 Å². The van der Waals surface area contributed by atoms with Gasteiger partial charge in [-0.3, -0.25) is 9.10 Å². The van der Waals surface area contributed by atoms with Gasteiger partial charge in [0.1, 0.15) is 0 Å². The van der Waals surface area contributed by atoms with E-state index < -0.39 is 21.9 Å². The Morgan fingerprint density at radius 3 is 2.20 bits per heavy atom. The number of rotatable bonds is 5. The van der Waals surface area contributed by atoms with Gasteiger partial charge in [0.15, 0.2) is 0 Å². The van der Waals surface area contributed by atoms with Gasteiger partial charge in [0.05, 0.1) is 24.5 Å². The monoisotopic (exact) mass is 299 g/mol. The lowest BCUT2D eigenvalue weighted by Crippen LogP contribution is -2.34. The van der Waals surface area contributed by atoms with Crippen molar-refractivity contribution in [1.29, 1.82) is 0 Å². The van der Waals surface area contributed by atoms with Crippen molar-refractivity contribution in [3.8, 4) is 0 Å². The zero-order valence-electron chi connectivity index (χ0n) is 12.5. The van der Waals surface area contributed by atoms with Crippen molar-refractivity contribution in [2.45, 2.75) is 20.8 Å². The average molecular weight is 299 g/mol. The molecule has 0 saturated heterocycles. The summed E-state index contributed by atoms with van der Waals surface area (Å²) >= 11 is 0. The van der Waals surface area contributed by atoms with Crippen molar-refractivity contribution in [2.75, 3.05) is 24.2 Å². The first-order chi connectivity index (χ1) is 9.17. The molecule has 0 bridgehead atoms. The topological polar surface area (TPSA) is 63.7 Å². The first-order valence-electron chi connectivity index (χ1n) is 6.30. The Morgan fingerprint density at radius 1 is 1.25 bits per heavy atom. The van der Waals surface area contributed by atoms with Crippen LogP contribution >= 0.6 is 0 Å². The molecule has 1 unspecified atom stereocenters. The second-order valence-corrected chi connectivity index (χ2v) is 7.06. The summed E-state index contributed by atoms with van der Waals surface area (Å²) in [6.07, 6.45) is 0. The molecule has 0 amide bonds. The maximum atomic E-state index is 12.3. The van der Waals surface area contributed by atoms with Gasteiger partial charge >= 0.3 is 5.97 Å². The van der Waals surface area contributed by atoms with Gasteiger partial charge in [0.2, 0.25) is 10.0 Å². The molecule has 20 heavy (non-hydrogen) atoms. The van der Waals surface area contributed by atoms with Crippen molar-refractivity contribution in [3.63, 3.8) is 0 Å². The van der Waals surface area contributed by atoms with Crippen molar-refractivity contribution in [2.24, 2.45) is 5.92 Å². The van der Waals surface area contributed by atoms with Crippen LogP contribution in [-0.4, -0.2) is 34.3 Å². The van der Waals surface area contributed by atoms with Crippen LogP contribution in [0.2, 0.25) is 0 Å². The Kier molecular flexibility index (Phi) is 5.16. The molecule has 0 N–H and O–H groups in total. The van der Waals surface area contributed by atoms with E-state index in [0.29, 0.717) is 5.69 Å². The second-order valence-electron chi connectivity index (χ2n) is 5.02. The molecule has 1 atom stereocenters. The van der Waals surface area contributed by atoms with Gasteiger partial charge in [0.25, 0.3) is 0 Å². The van der Waals surface area contributed by atoms with Gasteiger partial charge in [-0.15, -0.1) is 0 Å². The molecule has 1 aromatic rings. The van der Waals surface area contributed by atoms with Crippen molar-refractivity contribution < 1.29 is 17.9 Å². The fraction of sp³-hybridized carbons (Fsp3) is 0.500. The van der Waals surface area contributed by atoms with Gasteiger partial charge in [-0.1, -0.05) is 13.0 Å². The molecule has 1 aromatic carbocycles. The molecule has 0 heterocycles. The van der Waals surface area contributed by atoms with E-state index in [0.717, 1.165) is 11.1 Å². The molecule has 5 nitrogen and oxygen atoms in total. The number of methoxy groups -OCH3 is 1. The molecule has 0 aliphatic rings. The number of ether oxygens (including phenoxy) is 1. The number of hydrogen-bond donors (Lipinski definition) is 0. The number of aryl methyl sites for hydroxylation is 2. The number of hydrogen-bond acceptors (Lipinski definition) is 4. The van der Waals surface area contributed by atoms with E-state index in [1.54, 1.807) is 19.1 Å². The standard InChI is InChI=1S/C14H21NO4S/c1-10-6-11(2)8-13(7-10)15(4)20(17,18)9-12(3)14(16)19-5/h6-8,12H,9H2,1-5H3. The third-order valence-electron chi connectivity index (χ3n) is 3.05. The summed E-state index contributed by atoms with van der Waals surface area (Å²) in [6, 6.07) is 5.57. The number of carbonyl (C=O) groups is 1. The number of nitrogens with zero attached hydrogens (tertiary/aromatic N) is 1. The van der Waals surface area contributed by atoms with Crippen LogP contribution in [0.25, 0.3) is 0 Å². The Hall–Kier alpha value is -1.56.